The van der Waals surface area contributed by atoms with Crippen molar-refractivity contribution < 1.29 is 28.3 Å². The number of carboxylic acid groups (broad SMARTS) is 1. The molecule has 2 rings (SSSR count). The number of β-lactam (4-membered cyclic amide) rings is 1. The number of nitrogens with one attached hydrogen (secondary N) is 1. The summed E-state index contributed by atoms with van der Waals surface area (Å²) < 4.78 is 21.5. The molecular weight excluding hydrogens is 364 g/mol. The first-order chi connectivity index (χ1) is 12.2. The normalized spacial score (nSPS) is 21.6. The first kappa shape index (κ1) is 19.7. The number of aliphatic carboxylic acids is 1. The van der Waals surface area contributed by atoms with Crippen LogP contribution in [0.3, 0.4) is 0 Å². The number of carbonyl (C=O) groups is 3. The quantitative estimate of drug-likeness (QED) is 0.280. The van der Waals surface area contributed by atoms with Gasteiger partial charge in [0.05, 0.1) is 10.3 Å². The van der Waals surface area contributed by atoms with Gasteiger partial charge in [-0.15, -0.1) is 0 Å². The molecule has 1 fully saturated rings. The van der Waals surface area contributed by atoms with E-state index in [1.807, 2.05) is 0 Å². The van der Waals surface area contributed by atoms with Gasteiger partial charge in [0.15, 0.2) is 6.04 Å². The average molecular weight is 381 g/mol. The van der Waals surface area contributed by atoms with Gasteiger partial charge in [-0.25, -0.2) is 10.2 Å². The molecular formula is C15H17N4O6S-. The monoisotopic (exact) mass is 381 g/mol. The molecule has 4 atom stereocenters. The van der Waals surface area contributed by atoms with Gasteiger partial charge in [0, 0.05) is 31.1 Å². The van der Waals surface area contributed by atoms with Crippen LogP contribution in [0.25, 0.3) is 0 Å². The number of hydrogen-bond acceptors (Lipinski definition) is 7. The summed E-state index contributed by atoms with van der Waals surface area (Å²) in [6.45, 7) is 2.74. The zero-order valence-electron chi connectivity index (χ0n) is 14.0. The van der Waals surface area contributed by atoms with Crippen LogP contribution in [0.1, 0.15) is 30.6 Å². The molecule has 0 aliphatic carbocycles. The second-order valence-corrected chi connectivity index (χ2v) is 7.30. The van der Waals surface area contributed by atoms with Gasteiger partial charge < -0.3 is 14.6 Å². The zero-order valence-corrected chi connectivity index (χ0v) is 14.8. The van der Waals surface area contributed by atoms with Crippen molar-refractivity contribution in [3.8, 4) is 0 Å². The van der Waals surface area contributed by atoms with Crippen molar-refractivity contribution in [2.75, 3.05) is 0 Å². The highest BCUT2D eigenvalue weighted by molar-refractivity contribution is 7.81. The maximum atomic E-state index is 11.9. The number of likely N-dealkylation sites (tertiary alicyclic amines) is 1. The minimum atomic E-state index is -2.93. The Morgan fingerprint density at radius 1 is 1.62 bits per heavy atom. The van der Waals surface area contributed by atoms with Crippen LogP contribution in [0.15, 0.2) is 29.6 Å². The molecule has 2 heterocycles. The molecule has 1 aromatic heterocycles. The first-order valence-electron chi connectivity index (χ1n) is 7.56. The van der Waals surface area contributed by atoms with Crippen LogP contribution in [0.2, 0.25) is 0 Å². The topological polar surface area (TPSA) is 152 Å². The summed E-state index contributed by atoms with van der Waals surface area (Å²) in [5.41, 5.74) is 2.31. The lowest BCUT2D eigenvalue weighted by Crippen LogP contribution is -2.67. The van der Waals surface area contributed by atoms with Crippen LogP contribution in [0.4, 0.5) is 0 Å². The molecule has 0 radical (unpaired) electrons. The second-order valence-electron chi connectivity index (χ2n) is 5.95. The van der Waals surface area contributed by atoms with Crippen LogP contribution < -0.4 is 5.43 Å². The summed E-state index contributed by atoms with van der Waals surface area (Å²) in [5, 5.41) is 13.1. The number of nitrogens with zero attached hydrogens (tertiary/aromatic N) is 3. The molecule has 1 saturated heterocycles. The fourth-order valence-electron chi connectivity index (χ4n) is 2.61. The number of carbonyl (C=O) groups excluding carboxylic acids is 2. The molecule has 2 N–H and O–H groups in total. The lowest BCUT2D eigenvalue weighted by atomic mass is 9.92. The standard InChI is InChI=1S/C15H18N4O6S/c1-9-6-11(20)19(9)12(14(22)23)15(2,26(24)25)8-17-18-13(21)10-4-3-5-16-7-10/h3-5,7-9,12H,6H2,1-2H3,(H,18,21)(H,22,23)(H,24,25)/p-1/b17-8+/t9-,12+,15+/m1/s1. The van der Waals surface area contributed by atoms with Gasteiger partial charge >= 0.3 is 5.97 Å². The third-order valence-corrected chi connectivity index (χ3v) is 5.10. The fraction of sp³-hybridized carbons (Fsp3) is 0.400. The number of hydrazone groups is 1. The van der Waals surface area contributed by atoms with Crippen LogP contribution in [0.5, 0.6) is 0 Å². The third kappa shape index (κ3) is 3.78. The minimum Gasteiger partial charge on any atom is -0.772 e. The van der Waals surface area contributed by atoms with Gasteiger partial charge in [0.2, 0.25) is 5.91 Å². The Bertz CT molecular complexity index is 771. The highest BCUT2D eigenvalue weighted by Gasteiger charge is 2.51. The maximum Gasteiger partial charge on any atom is 0.328 e. The lowest BCUT2D eigenvalue weighted by Gasteiger charge is -2.48. The van der Waals surface area contributed by atoms with Crippen LogP contribution >= 0.6 is 0 Å². The zero-order chi connectivity index (χ0) is 19.5. The van der Waals surface area contributed by atoms with Crippen molar-refractivity contribution in [1.82, 2.24) is 15.3 Å². The van der Waals surface area contributed by atoms with Crippen LogP contribution in [-0.2, 0) is 20.7 Å². The summed E-state index contributed by atoms with van der Waals surface area (Å²) in [5.74, 6) is -2.59. The highest BCUT2D eigenvalue weighted by Crippen LogP contribution is 2.30. The van der Waals surface area contributed by atoms with E-state index in [4.69, 9.17) is 0 Å². The van der Waals surface area contributed by atoms with Crippen molar-refractivity contribution in [1.29, 1.82) is 0 Å². The Balaban J connectivity index is 2.24. The van der Waals surface area contributed by atoms with Crippen molar-refractivity contribution in [2.45, 2.75) is 37.1 Å². The first-order valence-corrected chi connectivity index (χ1v) is 8.64. The van der Waals surface area contributed by atoms with Gasteiger partial charge in [-0.1, -0.05) is 0 Å². The van der Waals surface area contributed by atoms with Gasteiger partial charge in [-0.3, -0.25) is 18.8 Å². The second kappa shape index (κ2) is 7.70. The lowest BCUT2D eigenvalue weighted by molar-refractivity contribution is -0.161. The summed E-state index contributed by atoms with van der Waals surface area (Å²) >= 11 is -2.93. The minimum absolute atomic E-state index is 0.139. The molecule has 11 heteroatoms. The van der Waals surface area contributed by atoms with Crippen LogP contribution in [0, 0.1) is 0 Å². The molecule has 1 aliphatic rings. The Morgan fingerprint density at radius 3 is 2.77 bits per heavy atom. The number of carboxylic acids is 1. The summed E-state index contributed by atoms with van der Waals surface area (Å²) in [6, 6.07) is 0.928. The molecule has 1 aliphatic heterocycles. The highest BCUT2D eigenvalue weighted by atomic mass is 32.2. The number of amides is 2. The van der Waals surface area contributed by atoms with E-state index in [0.717, 1.165) is 18.0 Å². The van der Waals surface area contributed by atoms with Crippen molar-refractivity contribution in [3.05, 3.63) is 30.1 Å². The molecule has 1 unspecified atom stereocenters. The Labute approximate surface area is 151 Å². The van der Waals surface area contributed by atoms with E-state index in [1.54, 1.807) is 6.92 Å². The van der Waals surface area contributed by atoms with E-state index in [9.17, 15) is 28.3 Å². The Morgan fingerprint density at radius 2 is 2.31 bits per heavy atom. The molecule has 0 spiro atoms. The number of hydrogen-bond donors (Lipinski definition) is 2. The smallest absolute Gasteiger partial charge is 0.328 e. The SMILES string of the molecule is C[C@@H]1CC(=O)N1[C@@H](C(=O)O)[C@](C)(/C=N/NC(=O)c1cccnc1)S(=O)[O-]. The predicted octanol–water partition coefficient (Wildman–Crippen LogP) is -0.491. The summed E-state index contributed by atoms with van der Waals surface area (Å²) in [6.07, 6.45) is 3.71. The predicted molar refractivity (Wildman–Crippen MR) is 89.9 cm³/mol. The van der Waals surface area contributed by atoms with E-state index in [2.05, 4.69) is 15.5 Å². The van der Waals surface area contributed by atoms with Gasteiger partial charge in [-0.05, 0) is 37.1 Å². The van der Waals surface area contributed by atoms with Crippen molar-refractivity contribution in [3.63, 3.8) is 0 Å². The van der Waals surface area contributed by atoms with Crippen molar-refractivity contribution >= 4 is 35.1 Å². The van der Waals surface area contributed by atoms with Crippen molar-refractivity contribution in [2.24, 2.45) is 5.10 Å². The molecule has 0 saturated carbocycles. The van der Waals surface area contributed by atoms with E-state index in [-0.39, 0.29) is 12.0 Å². The molecule has 1 aromatic rings. The molecule has 26 heavy (non-hydrogen) atoms. The number of aromatic nitrogens is 1. The van der Waals surface area contributed by atoms with E-state index >= 15 is 0 Å². The number of rotatable bonds is 7. The third-order valence-electron chi connectivity index (χ3n) is 4.06. The Kier molecular flexibility index (Phi) is 5.83. The molecule has 0 bridgehead atoms. The van der Waals surface area contributed by atoms with Gasteiger partial charge in [0.1, 0.15) is 0 Å². The van der Waals surface area contributed by atoms with E-state index in [0.29, 0.717) is 0 Å². The van der Waals surface area contributed by atoms with Crippen LogP contribution in [-0.4, -0.2) is 64.6 Å². The fourth-order valence-corrected chi connectivity index (χ4v) is 3.15. The number of pyridine rings is 1. The molecule has 2 amide bonds. The molecule has 10 nitrogen and oxygen atoms in total. The Hall–Kier alpha value is -2.66. The average Bonchev–Trinajstić information content (AvgIpc) is 2.59. The summed E-state index contributed by atoms with van der Waals surface area (Å²) in [4.78, 5) is 40.1. The van der Waals surface area contributed by atoms with E-state index < -0.39 is 45.7 Å². The molecule has 0 aromatic carbocycles. The summed E-state index contributed by atoms with van der Waals surface area (Å²) in [7, 11) is 0. The van der Waals surface area contributed by atoms with E-state index in [1.165, 1.54) is 24.5 Å². The van der Waals surface area contributed by atoms with Gasteiger partial charge in [-0.2, -0.15) is 5.10 Å². The largest absolute Gasteiger partial charge is 0.772 e. The molecule has 140 valence electrons. The van der Waals surface area contributed by atoms with Gasteiger partial charge in [0.25, 0.3) is 5.91 Å². The maximum absolute atomic E-state index is 11.9.